The molecule has 0 saturated heterocycles. The first kappa shape index (κ1) is 16.8. The first-order valence-corrected chi connectivity index (χ1v) is 6.16. The number of halogens is 2. The molecule has 116 valence electrons. The highest BCUT2D eigenvalue weighted by molar-refractivity contribution is 6.00. The summed E-state index contributed by atoms with van der Waals surface area (Å²) in [6, 6.07) is 0.514. The summed E-state index contributed by atoms with van der Waals surface area (Å²) >= 11 is 0. The number of benzene rings is 1. The van der Waals surface area contributed by atoms with Gasteiger partial charge in [-0.2, -0.15) is 0 Å². The Kier molecular flexibility index (Phi) is 5.60. The Morgan fingerprint density at radius 3 is 2.38 bits per heavy atom. The van der Waals surface area contributed by atoms with Gasteiger partial charge in [-0.3, -0.25) is 0 Å². The van der Waals surface area contributed by atoms with Crippen molar-refractivity contribution in [2.75, 3.05) is 26.0 Å². The fourth-order valence-corrected chi connectivity index (χ4v) is 1.42. The van der Waals surface area contributed by atoms with Crippen LogP contribution in [0.5, 0.6) is 0 Å². The standard InChI is InChI=1S/C13H17F2N3O3/c1-7(18(2)3)6-16-13(21)17-11-5-10(15)9(14)4-8(11)12(19)20/h4-5,7H,6H2,1-3H3,(H,19,20)(H2,16,17,21). The lowest BCUT2D eigenvalue weighted by Crippen LogP contribution is -2.40. The summed E-state index contributed by atoms with van der Waals surface area (Å²) in [7, 11) is 3.67. The summed E-state index contributed by atoms with van der Waals surface area (Å²) in [6.45, 7) is 2.19. The predicted molar refractivity (Wildman–Crippen MR) is 73.5 cm³/mol. The number of anilines is 1. The fraction of sp³-hybridized carbons (Fsp3) is 0.385. The summed E-state index contributed by atoms with van der Waals surface area (Å²) in [4.78, 5) is 24.5. The lowest BCUT2D eigenvalue weighted by Gasteiger charge is -2.20. The van der Waals surface area contributed by atoms with E-state index < -0.39 is 29.2 Å². The van der Waals surface area contributed by atoms with Gasteiger partial charge in [-0.05, 0) is 27.1 Å². The van der Waals surface area contributed by atoms with Gasteiger partial charge in [0.2, 0.25) is 0 Å². The molecule has 1 atom stereocenters. The van der Waals surface area contributed by atoms with Crippen LogP contribution in [-0.4, -0.2) is 48.7 Å². The van der Waals surface area contributed by atoms with E-state index in [0.29, 0.717) is 18.7 Å². The van der Waals surface area contributed by atoms with Gasteiger partial charge in [0.05, 0.1) is 11.3 Å². The minimum absolute atomic E-state index is 0.0552. The maximum absolute atomic E-state index is 13.1. The summed E-state index contributed by atoms with van der Waals surface area (Å²) in [6.07, 6.45) is 0. The van der Waals surface area contributed by atoms with Crippen molar-refractivity contribution >= 4 is 17.7 Å². The number of urea groups is 1. The van der Waals surface area contributed by atoms with E-state index in [4.69, 9.17) is 5.11 Å². The van der Waals surface area contributed by atoms with Crippen molar-refractivity contribution in [1.29, 1.82) is 0 Å². The SMILES string of the molecule is CC(CNC(=O)Nc1cc(F)c(F)cc1C(=O)O)N(C)C. The Hall–Kier alpha value is -2.22. The topological polar surface area (TPSA) is 81.7 Å². The zero-order chi connectivity index (χ0) is 16.2. The van der Waals surface area contributed by atoms with Crippen molar-refractivity contribution in [3.63, 3.8) is 0 Å². The second-order valence-corrected chi connectivity index (χ2v) is 4.76. The zero-order valence-electron chi connectivity index (χ0n) is 11.9. The first-order chi connectivity index (χ1) is 9.72. The second kappa shape index (κ2) is 6.98. The molecule has 0 aromatic heterocycles. The molecule has 0 saturated carbocycles. The molecular weight excluding hydrogens is 284 g/mol. The lowest BCUT2D eigenvalue weighted by atomic mass is 10.1. The number of carbonyl (C=O) groups is 2. The Morgan fingerprint density at radius 1 is 1.29 bits per heavy atom. The maximum atomic E-state index is 13.1. The van der Waals surface area contributed by atoms with E-state index in [1.54, 1.807) is 0 Å². The molecule has 0 heterocycles. The highest BCUT2D eigenvalue weighted by Crippen LogP contribution is 2.20. The smallest absolute Gasteiger partial charge is 0.337 e. The monoisotopic (exact) mass is 301 g/mol. The number of likely N-dealkylation sites (N-methyl/N-ethyl adjacent to an activating group) is 1. The Balaban J connectivity index is 2.80. The molecule has 0 spiro atoms. The highest BCUT2D eigenvalue weighted by atomic mass is 19.2. The van der Waals surface area contributed by atoms with Crippen LogP contribution in [0.4, 0.5) is 19.3 Å². The number of carboxylic acid groups (broad SMARTS) is 1. The van der Waals surface area contributed by atoms with Crippen LogP contribution in [-0.2, 0) is 0 Å². The van der Waals surface area contributed by atoms with Gasteiger partial charge >= 0.3 is 12.0 Å². The minimum atomic E-state index is -1.47. The first-order valence-electron chi connectivity index (χ1n) is 6.16. The van der Waals surface area contributed by atoms with Crippen LogP contribution in [0.15, 0.2) is 12.1 Å². The zero-order valence-corrected chi connectivity index (χ0v) is 11.9. The number of hydrogen-bond donors (Lipinski definition) is 3. The summed E-state index contributed by atoms with van der Waals surface area (Å²) in [5, 5.41) is 13.6. The third kappa shape index (κ3) is 4.67. The number of nitrogens with zero attached hydrogens (tertiary/aromatic N) is 1. The van der Waals surface area contributed by atoms with E-state index in [1.807, 2.05) is 25.9 Å². The Morgan fingerprint density at radius 2 is 1.86 bits per heavy atom. The van der Waals surface area contributed by atoms with Gasteiger partial charge in [0.25, 0.3) is 0 Å². The van der Waals surface area contributed by atoms with Crippen molar-refractivity contribution in [3.8, 4) is 0 Å². The van der Waals surface area contributed by atoms with Gasteiger partial charge in [0.1, 0.15) is 0 Å². The van der Waals surface area contributed by atoms with E-state index in [9.17, 15) is 18.4 Å². The van der Waals surface area contributed by atoms with Gasteiger partial charge in [-0.15, -0.1) is 0 Å². The number of carbonyl (C=O) groups excluding carboxylic acids is 1. The van der Waals surface area contributed by atoms with E-state index in [1.165, 1.54) is 0 Å². The van der Waals surface area contributed by atoms with Gasteiger partial charge < -0.3 is 20.6 Å². The number of aromatic carboxylic acids is 1. The average molecular weight is 301 g/mol. The van der Waals surface area contributed by atoms with Crippen LogP contribution in [0, 0.1) is 11.6 Å². The van der Waals surface area contributed by atoms with Crippen molar-refractivity contribution in [2.45, 2.75) is 13.0 Å². The van der Waals surface area contributed by atoms with Crippen LogP contribution in [0.25, 0.3) is 0 Å². The molecule has 8 heteroatoms. The Labute approximate surface area is 120 Å². The number of carboxylic acids is 1. The van der Waals surface area contributed by atoms with E-state index in [0.717, 1.165) is 0 Å². The molecule has 21 heavy (non-hydrogen) atoms. The lowest BCUT2D eigenvalue weighted by molar-refractivity contribution is 0.0697. The van der Waals surface area contributed by atoms with Crippen molar-refractivity contribution in [1.82, 2.24) is 10.2 Å². The third-order valence-electron chi connectivity index (χ3n) is 2.98. The fourth-order valence-electron chi connectivity index (χ4n) is 1.42. The summed E-state index contributed by atoms with van der Waals surface area (Å²) < 4.78 is 26.2. The van der Waals surface area contributed by atoms with E-state index in [2.05, 4.69) is 10.6 Å². The third-order valence-corrected chi connectivity index (χ3v) is 2.98. The maximum Gasteiger partial charge on any atom is 0.337 e. The van der Waals surface area contributed by atoms with Crippen LogP contribution < -0.4 is 10.6 Å². The molecule has 0 aliphatic rings. The molecule has 0 aliphatic heterocycles. The highest BCUT2D eigenvalue weighted by Gasteiger charge is 2.17. The van der Waals surface area contributed by atoms with Crippen LogP contribution in [0.2, 0.25) is 0 Å². The largest absolute Gasteiger partial charge is 0.478 e. The van der Waals surface area contributed by atoms with Crippen molar-refractivity contribution < 1.29 is 23.5 Å². The molecule has 6 nitrogen and oxygen atoms in total. The summed E-state index contributed by atoms with van der Waals surface area (Å²) in [5.74, 6) is -4.00. The number of nitrogens with one attached hydrogen (secondary N) is 2. The van der Waals surface area contributed by atoms with Gasteiger partial charge in [0, 0.05) is 18.7 Å². The molecule has 3 N–H and O–H groups in total. The average Bonchev–Trinajstić information content (AvgIpc) is 2.39. The molecule has 0 bridgehead atoms. The molecule has 1 rings (SSSR count). The van der Waals surface area contributed by atoms with Gasteiger partial charge in [-0.25, -0.2) is 18.4 Å². The van der Waals surface area contributed by atoms with Crippen LogP contribution >= 0.6 is 0 Å². The minimum Gasteiger partial charge on any atom is -0.478 e. The molecular formula is C13H17F2N3O3. The quantitative estimate of drug-likeness (QED) is 0.773. The number of amides is 2. The predicted octanol–water partition coefficient (Wildman–Crippen LogP) is 1.73. The molecule has 1 aromatic rings. The summed E-state index contributed by atoms with van der Waals surface area (Å²) in [5.41, 5.74) is -0.832. The number of hydrogen-bond acceptors (Lipinski definition) is 3. The van der Waals surface area contributed by atoms with Gasteiger partial charge in [-0.1, -0.05) is 0 Å². The van der Waals surface area contributed by atoms with Crippen LogP contribution in [0.1, 0.15) is 17.3 Å². The molecule has 0 aliphatic carbocycles. The van der Waals surface area contributed by atoms with Crippen LogP contribution in [0.3, 0.4) is 0 Å². The molecule has 2 amide bonds. The Bertz CT molecular complexity index is 550. The molecule has 0 radical (unpaired) electrons. The number of rotatable bonds is 5. The van der Waals surface area contributed by atoms with Crippen molar-refractivity contribution in [2.24, 2.45) is 0 Å². The van der Waals surface area contributed by atoms with Crippen molar-refractivity contribution in [3.05, 3.63) is 29.3 Å². The van der Waals surface area contributed by atoms with E-state index >= 15 is 0 Å². The molecule has 1 aromatic carbocycles. The molecule has 0 fully saturated rings. The molecule has 1 unspecified atom stereocenters. The van der Waals surface area contributed by atoms with E-state index in [-0.39, 0.29) is 11.7 Å². The second-order valence-electron chi connectivity index (χ2n) is 4.76. The van der Waals surface area contributed by atoms with Gasteiger partial charge in [0.15, 0.2) is 11.6 Å². The normalized spacial score (nSPS) is 12.1.